The predicted octanol–water partition coefficient (Wildman–Crippen LogP) is 4.18. The van der Waals surface area contributed by atoms with E-state index in [0.29, 0.717) is 0 Å². The van der Waals surface area contributed by atoms with Crippen molar-refractivity contribution >= 4 is 17.8 Å². The minimum absolute atomic E-state index is 1.02. The molecule has 0 saturated heterocycles. The Hall–Kier alpha value is -1.54. The number of aromatic nitrogens is 1. The topological polar surface area (TPSA) is 12.9 Å². The maximum Gasteiger partial charge on any atom is 0.101 e. The Morgan fingerprint density at radius 1 is 1.25 bits per heavy atom. The summed E-state index contributed by atoms with van der Waals surface area (Å²) in [6.07, 6.45) is 3.70. The van der Waals surface area contributed by atoms with Crippen LogP contribution in [0.2, 0.25) is 0 Å². The number of nitrogens with zero attached hydrogens (tertiary/aromatic N) is 1. The van der Waals surface area contributed by atoms with Crippen LogP contribution in [-0.2, 0) is 0 Å². The van der Waals surface area contributed by atoms with Crippen LogP contribution in [-0.4, -0.2) is 4.98 Å². The second-order valence-electron chi connectivity index (χ2n) is 3.50. The molecule has 0 unspecified atom stereocenters. The molecular formula is C14H13NS. The molecule has 0 N–H and O–H groups in total. The number of hydrogen-bond donors (Lipinski definition) is 0. The average molecular weight is 227 g/mol. The molecule has 1 heterocycles. The van der Waals surface area contributed by atoms with Gasteiger partial charge < -0.3 is 0 Å². The molecule has 0 fully saturated rings. The van der Waals surface area contributed by atoms with Crippen molar-refractivity contribution in [2.24, 2.45) is 0 Å². The Morgan fingerprint density at radius 2 is 2.00 bits per heavy atom. The van der Waals surface area contributed by atoms with Crippen molar-refractivity contribution in [3.63, 3.8) is 0 Å². The van der Waals surface area contributed by atoms with Gasteiger partial charge in [-0.1, -0.05) is 42.6 Å². The van der Waals surface area contributed by atoms with Crippen LogP contribution in [0.1, 0.15) is 11.1 Å². The lowest BCUT2D eigenvalue weighted by Crippen LogP contribution is -1.86. The molecule has 1 nitrogen and oxygen atoms in total. The molecule has 0 bridgehead atoms. The highest BCUT2D eigenvalue weighted by Crippen LogP contribution is 2.26. The first kappa shape index (κ1) is 11.0. The van der Waals surface area contributed by atoms with Crippen molar-refractivity contribution in [2.45, 2.75) is 16.8 Å². The van der Waals surface area contributed by atoms with Crippen molar-refractivity contribution in [3.05, 3.63) is 60.3 Å². The van der Waals surface area contributed by atoms with Crippen molar-refractivity contribution in [3.8, 4) is 0 Å². The van der Waals surface area contributed by atoms with Gasteiger partial charge in [0.15, 0.2) is 0 Å². The zero-order valence-electron chi connectivity index (χ0n) is 9.18. The highest BCUT2D eigenvalue weighted by atomic mass is 32.2. The van der Waals surface area contributed by atoms with Crippen LogP contribution < -0.4 is 0 Å². The molecule has 16 heavy (non-hydrogen) atoms. The van der Waals surface area contributed by atoms with Gasteiger partial charge in [0, 0.05) is 11.1 Å². The van der Waals surface area contributed by atoms with E-state index in [1.165, 1.54) is 10.5 Å². The second kappa shape index (κ2) is 4.99. The summed E-state index contributed by atoms with van der Waals surface area (Å²) in [6.45, 7) is 5.84. The van der Waals surface area contributed by atoms with Crippen molar-refractivity contribution < 1.29 is 0 Å². The number of hydrogen-bond acceptors (Lipinski definition) is 2. The fourth-order valence-corrected chi connectivity index (χ4v) is 2.30. The van der Waals surface area contributed by atoms with Gasteiger partial charge in [-0.25, -0.2) is 4.98 Å². The monoisotopic (exact) mass is 227 g/mol. The molecule has 80 valence electrons. The number of aryl methyl sites for hydroxylation is 1. The molecular weight excluding hydrogens is 214 g/mol. The zero-order chi connectivity index (χ0) is 11.4. The lowest BCUT2D eigenvalue weighted by molar-refractivity contribution is 1.10. The maximum absolute atomic E-state index is 4.40. The third-order valence-electron chi connectivity index (χ3n) is 2.31. The third kappa shape index (κ3) is 2.52. The number of benzene rings is 1. The van der Waals surface area contributed by atoms with E-state index in [4.69, 9.17) is 0 Å². The highest BCUT2D eigenvalue weighted by molar-refractivity contribution is 7.99. The Morgan fingerprint density at radius 3 is 2.62 bits per heavy atom. The van der Waals surface area contributed by atoms with Gasteiger partial charge >= 0.3 is 0 Å². The quantitative estimate of drug-likeness (QED) is 0.780. The minimum Gasteiger partial charge on any atom is -0.249 e. The summed E-state index contributed by atoms with van der Waals surface area (Å²) < 4.78 is 0. The van der Waals surface area contributed by atoms with Gasteiger partial charge in [0.25, 0.3) is 0 Å². The summed E-state index contributed by atoms with van der Waals surface area (Å²) in [7, 11) is 0. The molecule has 2 rings (SSSR count). The Balaban J connectivity index is 2.23. The van der Waals surface area contributed by atoms with E-state index >= 15 is 0 Å². The van der Waals surface area contributed by atoms with Gasteiger partial charge in [0.2, 0.25) is 0 Å². The molecule has 2 aromatic rings. The summed E-state index contributed by atoms with van der Waals surface area (Å²) in [5.74, 6) is 0. The smallest absolute Gasteiger partial charge is 0.101 e. The van der Waals surface area contributed by atoms with Crippen LogP contribution in [0, 0.1) is 6.92 Å². The van der Waals surface area contributed by atoms with Crippen molar-refractivity contribution in [2.75, 3.05) is 0 Å². The Bertz CT molecular complexity index is 491. The molecule has 0 spiro atoms. The molecule has 1 aromatic heterocycles. The molecule has 0 radical (unpaired) electrons. The summed E-state index contributed by atoms with van der Waals surface area (Å²) >= 11 is 1.68. The first-order valence-corrected chi connectivity index (χ1v) is 5.93. The van der Waals surface area contributed by atoms with Crippen molar-refractivity contribution in [1.82, 2.24) is 4.98 Å². The molecule has 0 aliphatic carbocycles. The average Bonchev–Trinajstić information content (AvgIpc) is 2.31. The first-order chi connectivity index (χ1) is 7.79. The third-order valence-corrected chi connectivity index (χ3v) is 3.25. The standard InChI is InChI=1S/C14H13NS/c1-3-12-10-15-14(9-11(12)2)16-13-7-5-4-6-8-13/h3-10H,1H2,2H3. The van der Waals surface area contributed by atoms with Gasteiger partial charge in [-0.05, 0) is 36.2 Å². The molecule has 0 aliphatic rings. The van der Waals surface area contributed by atoms with E-state index in [1.807, 2.05) is 30.5 Å². The second-order valence-corrected chi connectivity index (χ2v) is 4.59. The lowest BCUT2D eigenvalue weighted by atomic mass is 10.2. The van der Waals surface area contributed by atoms with Gasteiger partial charge in [-0.3, -0.25) is 0 Å². The molecule has 0 saturated carbocycles. The Labute approximate surface area is 100 Å². The van der Waals surface area contributed by atoms with E-state index < -0.39 is 0 Å². The van der Waals surface area contributed by atoms with Gasteiger partial charge in [-0.2, -0.15) is 0 Å². The van der Waals surface area contributed by atoms with Crippen molar-refractivity contribution in [1.29, 1.82) is 0 Å². The van der Waals surface area contributed by atoms with E-state index in [1.54, 1.807) is 11.8 Å². The van der Waals surface area contributed by atoms with E-state index in [9.17, 15) is 0 Å². The van der Waals surface area contributed by atoms with Gasteiger partial charge in [0.1, 0.15) is 5.03 Å². The zero-order valence-corrected chi connectivity index (χ0v) is 10.00. The maximum atomic E-state index is 4.40. The van der Waals surface area contributed by atoms with Crippen LogP contribution >= 0.6 is 11.8 Å². The molecule has 1 aromatic carbocycles. The summed E-state index contributed by atoms with van der Waals surface area (Å²) in [4.78, 5) is 5.61. The summed E-state index contributed by atoms with van der Waals surface area (Å²) in [5.41, 5.74) is 2.31. The normalized spacial score (nSPS) is 10.1. The molecule has 2 heteroatoms. The largest absolute Gasteiger partial charge is 0.249 e. The SMILES string of the molecule is C=Cc1cnc(Sc2ccccc2)cc1C. The van der Waals surface area contributed by atoms with E-state index in [2.05, 4.69) is 36.7 Å². The van der Waals surface area contributed by atoms with Crippen LogP contribution in [0.5, 0.6) is 0 Å². The molecule has 0 amide bonds. The van der Waals surface area contributed by atoms with Crippen LogP contribution in [0.25, 0.3) is 6.08 Å². The fraction of sp³-hybridized carbons (Fsp3) is 0.0714. The van der Waals surface area contributed by atoms with Crippen LogP contribution in [0.3, 0.4) is 0 Å². The van der Waals surface area contributed by atoms with Gasteiger partial charge in [-0.15, -0.1) is 0 Å². The number of pyridine rings is 1. The molecule has 0 aliphatic heterocycles. The number of rotatable bonds is 3. The minimum atomic E-state index is 1.02. The Kier molecular flexibility index (Phi) is 3.42. The summed E-state index contributed by atoms with van der Waals surface area (Å²) in [6, 6.07) is 12.4. The summed E-state index contributed by atoms with van der Waals surface area (Å²) in [5, 5.41) is 1.02. The lowest BCUT2D eigenvalue weighted by Gasteiger charge is -2.04. The van der Waals surface area contributed by atoms with Crippen LogP contribution in [0.4, 0.5) is 0 Å². The predicted molar refractivity (Wildman–Crippen MR) is 69.6 cm³/mol. The first-order valence-electron chi connectivity index (χ1n) is 5.11. The van der Waals surface area contributed by atoms with Gasteiger partial charge in [0.05, 0.1) is 0 Å². The van der Waals surface area contributed by atoms with E-state index in [0.717, 1.165) is 10.6 Å². The van der Waals surface area contributed by atoms with Crippen LogP contribution in [0.15, 0.2) is 59.1 Å². The fourth-order valence-electron chi connectivity index (χ4n) is 1.42. The highest BCUT2D eigenvalue weighted by Gasteiger charge is 2.00. The van der Waals surface area contributed by atoms with E-state index in [-0.39, 0.29) is 0 Å². The molecule has 0 atom stereocenters.